The molecule has 0 aliphatic heterocycles. The maximum absolute atomic E-state index is 9.52. The average Bonchev–Trinajstić information content (AvgIpc) is 2.74. The quantitative estimate of drug-likeness (QED) is 0.622. The van der Waals surface area contributed by atoms with Crippen LogP contribution in [0.4, 0.5) is 0 Å². The zero-order valence-corrected chi connectivity index (χ0v) is 13.1. The summed E-state index contributed by atoms with van der Waals surface area (Å²) in [7, 11) is 0. The van der Waals surface area contributed by atoms with Crippen molar-refractivity contribution in [3.8, 4) is 0 Å². The lowest BCUT2D eigenvalue weighted by Gasteiger charge is -2.47. The summed E-state index contributed by atoms with van der Waals surface area (Å²) in [4.78, 5) is 0. The van der Waals surface area contributed by atoms with E-state index in [0.717, 1.165) is 12.8 Å². The van der Waals surface area contributed by atoms with Crippen LogP contribution in [0.1, 0.15) is 84.5 Å². The lowest BCUT2D eigenvalue weighted by atomic mass is 9.58. The summed E-state index contributed by atoms with van der Waals surface area (Å²) in [5.41, 5.74) is 0.602. The zero-order chi connectivity index (χ0) is 14.2. The van der Waals surface area contributed by atoms with E-state index in [4.69, 9.17) is 0 Å². The summed E-state index contributed by atoms with van der Waals surface area (Å²) in [6, 6.07) is 0. The first-order valence-electron chi connectivity index (χ1n) is 8.42. The van der Waals surface area contributed by atoms with Gasteiger partial charge in [-0.15, -0.1) is 0 Å². The first-order valence-corrected chi connectivity index (χ1v) is 8.42. The smallest absolute Gasteiger partial charge is 0.0436 e. The number of hydrogen-bond donors (Lipinski definition) is 2. The molecule has 114 valence electrons. The van der Waals surface area contributed by atoms with Crippen molar-refractivity contribution in [2.75, 3.05) is 13.2 Å². The maximum Gasteiger partial charge on any atom is 0.0436 e. The SMILES string of the molecule is CCCCC1(CCCC)CCCC1(CCO)CCO. The molecule has 2 N–H and O–H groups in total. The Labute approximate surface area is 119 Å². The van der Waals surface area contributed by atoms with Crippen LogP contribution in [-0.4, -0.2) is 23.4 Å². The standard InChI is InChI=1S/C17H34O2/c1-3-5-8-16(9-6-4-2)10-7-11-17(16,12-14-18)13-15-19/h18-19H,3-15H2,1-2H3. The fraction of sp³-hybridized carbons (Fsp3) is 1.00. The minimum Gasteiger partial charge on any atom is -0.396 e. The van der Waals surface area contributed by atoms with Crippen LogP contribution in [0.2, 0.25) is 0 Å². The molecule has 0 aromatic rings. The van der Waals surface area contributed by atoms with Gasteiger partial charge in [-0.2, -0.15) is 0 Å². The second kappa shape index (κ2) is 8.26. The Kier molecular flexibility index (Phi) is 7.38. The third-order valence-corrected chi connectivity index (χ3v) is 5.63. The van der Waals surface area contributed by atoms with Gasteiger partial charge in [0.15, 0.2) is 0 Å². The summed E-state index contributed by atoms with van der Waals surface area (Å²) in [5.74, 6) is 0. The third-order valence-electron chi connectivity index (χ3n) is 5.63. The van der Waals surface area contributed by atoms with Crippen molar-refractivity contribution in [1.29, 1.82) is 0 Å². The Balaban J connectivity index is 2.93. The van der Waals surface area contributed by atoms with Crippen molar-refractivity contribution in [2.45, 2.75) is 84.5 Å². The van der Waals surface area contributed by atoms with Crippen LogP contribution < -0.4 is 0 Å². The second-order valence-electron chi connectivity index (χ2n) is 6.57. The lowest BCUT2D eigenvalue weighted by molar-refractivity contribution is -0.000803. The van der Waals surface area contributed by atoms with E-state index >= 15 is 0 Å². The van der Waals surface area contributed by atoms with Gasteiger partial charge >= 0.3 is 0 Å². The summed E-state index contributed by atoms with van der Waals surface area (Å²) in [6.45, 7) is 5.09. The Hall–Kier alpha value is -0.0800. The molecule has 0 spiro atoms. The molecule has 0 aromatic heterocycles. The van der Waals surface area contributed by atoms with Gasteiger partial charge in [0, 0.05) is 13.2 Å². The van der Waals surface area contributed by atoms with Crippen LogP contribution in [0.15, 0.2) is 0 Å². The monoisotopic (exact) mass is 270 g/mol. The third kappa shape index (κ3) is 3.72. The molecule has 0 atom stereocenters. The van der Waals surface area contributed by atoms with E-state index in [1.807, 2.05) is 0 Å². The van der Waals surface area contributed by atoms with Crippen LogP contribution in [-0.2, 0) is 0 Å². The molecule has 0 heterocycles. The molecule has 1 saturated carbocycles. The van der Waals surface area contributed by atoms with E-state index in [-0.39, 0.29) is 18.6 Å². The second-order valence-corrected chi connectivity index (χ2v) is 6.57. The van der Waals surface area contributed by atoms with Crippen molar-refractivity contribution in [1.82, 2.24) is 0 Å². The molecule has 2 heteroatoms. The number of rotatable bonds is 10. The first-order chi connectivity index (χ1) is 9.20. The van der Waals surface area contributed by atoms with E-state index in [1.165, 1.54) is 57.8 Å². The average molecular weight is 270 g/mol. The Morgan fingerprint density at radius 3 is 1.53 bits per heavy atom. The minimum atomic E-state index is 0.209. The molecule has 1 aliphatic carbocycles. The van der Waals surface area contributed by atoms with Gasteiger partial charge in [0.05, 0.1) is 0 Å². The molecule has 0 radical (unpaired) electrons. The van der Waals surface area contributed by atoms with Crippen molar-refractivity contribution in [3.05, 3.63) is 0 Å². The van der Waals surface area contributed by atoms with Gasteiger partial charge in [-0.1, -0.05) is 46.0 Å². The summed E-state index contributed by atoms with van der Waals surface area (Å²) >= 11 is 0. The fourth-order valence-corrected chi connectivity index (χ4v) is 4.56. The van der Waals surface area contributed by atoms with E-state index in [1.54, 1.807) is 0 Å². The van der Waals surface area contributed by atoms with Crippen molar-refractivity contribution >= 4 is 0 Å². The fourth-order valence-electron chi connectivity index (χ4n) is 4.56. The molecule has 19 heavy (non-hydrogen) atoms. The summed E-state index contributed by atoms with van der Waals surface area (Å²) in [5, 5.41) is 19.0. The van der Waals surface area contributed by atoms with Gasteiger partial charge < -0.3 is 10.2 Å². The molecule has 0 bridgehead atoms. The topological polar surface area (TPSA) is 40.5 Å². The number of unbranched alkanes of at least 4 members (excludes halogenated alkanes) is 2. The van der Waals surface area contributed by atoms with Crippen LogP contribution in [0.5, 0.6) is 0 Å². The highest BCUT2D eigenvalue weighted by Crippen LogP contribution is 2.61. The van der Waals surface area contributed by atoms with Gasteiger partial charge in [0.2, 0.25) is 0 Å². The molecule has 0 saturated heterocycles. The largest absolute Gasteiger partial charge is 0.396 e. The van der Waals surface area contributed by atoms with E-state index < -0.39 is 0 Å². The molecule has 0 amide bonds. The Morgan fingerprint density at radius 1 is 0.737 bits per heavy atom. The molecular weight excluding hydrogens is 236 g/mol. The van der Waals surface area contributed by atoms with Crippen LogP contribution in [0.3, 0.4) is 0 Å². The minimum absolute atomic E-state index is 0.209. The van der Waals surface area contributed by atoms with E-state index in [0.29, 0.717) is 5.41 Å². The van der Waals surface area contributed by atoms with Crippen LogP contribution >= 0.6 is 0 Å². The van der Waals surface area contributed by atoms with Gasteiger partial charge in [-0.05, 0) is 49.4 Å². The van der Waals surface area contributed by atoms with Gasteiger partial charge in [-0.3, -0.25) is 0 Å². The predicted octanol–water partition coefficient (Wildman–Crippen LogP) is 4.29. The number of aliphatic hydroxyl groups is 2. The molecule has 1 rings (SSSR count). The Bertz CT molecular complexity index is 223. The molecule has 0 unspecified atom stereocenters. The molecular formula is C17H34O2. The lowest BCUT2D eigenvalue weighted by Crippen LogP contribution is -2.39. The molecule has 0 aromatic carbocycles. The highest BCUT2D eigenvalue weighted by atomic mass is 16.3. The molecule has 1 aliphatic rings. The van der Waals surface area contributed by atoms with Crippen molar-refractivity contribution < 1.29 is 10.2 Å². The predicted molar refractivity (Wildman–Crippen MR) is 81.2 cm³/mol. The van der Waals surface area contributed by atoms with Crippen LogP contribution in [0.25, 0.3) is 0 Å². The number of hydrogen-bond acceptors (Lipinski definition) is 2. The van der Waals surface area contributed by atoms with Gasteiger partial charge in [0.1, 0.15) is 0 Å². The van der Waals surface area contributed by atoms with E-state index in [2.05, 4.69) is 13.8 Å². The zero-order valence-electron chi connectivity index (χ0n) is 13.1. The van der Waals surface area contributed by atoms with Gasteiger partial charge in [0.25, 0.3) is 0 Å². The van der Waals surface area contributed by atoms with Crippen molar-refractivity contribution in [3.63, 3.8) is 0 Å². The summed E-state index contributed by atoms with van der Waals surface area (Å²) < 4.78 is 0. The summed E-state index contributed by atoms with van der Waals surface area (Å²) in [6.07, 6.45) is 13.3. The first kappa shape index (κ1) is 17.0. The normalized spacial score (nSPS) is 20.8. The van der Waals surface area contributed by atoms with Gasteiger partial charge in [-0.25, -0.2) is 0 Å². The number of aliphatic hydroxyl groups excluding tert-OH is 2. The van der Waals surface area contributed by atoms with Crippen LogP contribution in [0, 0.1) is 10.8 Å². The Morgan fingerprint density at radius 2 is 1.16 bits per heavy atom. The molecule has 1 fully saturated rings. The maximum atomic E-state index is 9.52. The highest BCUT2D eigenvalue weighted by Gasteiger charge is 2.52. The molecule has 2 nitrogen and oxygen atoms in total. The van der Waals surface area contributed by atoms with Crippen molar-refractivity contribution in [2.24, 2.45) is 10.8 Å². The van der Waals surface area contributed by atoms with E-state index in [9.17, 15) is 10.2 Å². The highest BCUT2D eigenvalue weighted by molar-refractivity contribution is 5.02.